The molecule has 0 unspecified atom stereocenters. The van der Waals surface area contributed by atoms with Crippen LogP contribution in [-0.4, -0.2) is 29.1 Å². The molecule has 5 heterocycles. The van der Waals surface area contributed by atoms with Crippen LogP contribution in [0.2, 0.25) is 0 Å². The van der Waals surface area contributed by atoms with Crippen molar-refractivity contribution in [2.24, 2.45) is 0 Å². The highest BCUT2D eigenvalue weighted by Crippen LogP contribution is 2.41. The summed E-state index contributed by atoms with van der Waals surface area (Å²) in [5.74, 6) is 4.76. The van der Waals surface area contributed by atoms with Crippen molar-refractivity contribution in [3.63, 3.8) is 0 Å². The minimum Gasteiger partial charge on any atom is -0.457 e. The van der Waals surface area contributed by atoms with Crippen molar-refractivity contribution < 1.29 is 9.47 Å². The summed E-state index contributed by atoms with van der Waals surface area (Å²) >= 11 is 0. The van der Waals surface area contributed by atoms with E-state index >= 15 is 0 Å². The predicted octanol–water partition coefficient (Wildman–Crippen LogP) is 13.3. The lowest BCUT2D eigenvalue weighted by Gasteiger charge is -2.19. The SMILES string of the molecule is CC(C)(C)c1ccc2c(c1)c1ccc(Oc3cc(Oc4ccc5c6cc(C(C)(C)C)ccc6n(-c6ccccn6)c5c4)cc(-c4ncccn4)c3)cc1n2-c1ccccn1. The van der Waals surface area contributed by atoms with E-state index in [0.717, 1.165) is 50.0 Å². The van der Waals surface area contributed by atoms with Gasteiger partial charge in [-0.05, 0) is 113 Å². The Morgan fingerprint density at radius 1 is 0.383 bits per heavy atom. The first kappa shape index (κ1) is 37.0. The Balaban J connectivity index is 1.08. The summed E-state index contributed by atoms with van der Waals surface area (Å²) in [5, 5.41) is 4.58. The van der Waals surface area contributed by atoms with Crippen LogP contribution in [0, 0.1) is 0 Å². The minimum atomic E-state index is 0.00333. The van der Waals surface area contributed by atoms with Crippen LogP contribution < -0.4 is 9.47 Å². The molecule has 0 spiro atoms. The number of rotatable bonds is 7. The molecule has 0 amide bonds. The quantitative estimate of drug-likeness (QED) is 0.160. The molecule has 0 aliphatic rings. The molecule has 8 heteroatoms. The van der Waals surface area contributed by atoms with Crippen LogP contribution in [0.5, 0.6) is 23.0 Å². The first-order valence-corrected chi connectivity index (χ1v) is 20.3. The van der Waals surface area contributed by atoms with E-state index < -0.39 is 0 Å². The van der Waals surface area contributed by atoms with Gasteiger partial charge in [-0.25, -0.2) is 19.9 Å². The second-order valence-electron chi connectivity index (χ2n) is 17.3. The number of pyridine rings is 2. The molecule has 5 aromatic carbocycles. The molecular weight excluding hydrogens is 741 g/mol. The van der Waals surface area contributed by atoms with Crippen molar-refractivity contribution in [3.8, 4) is 46.0 Å². The average molecular weight is 785 g/mol. The number of ether oxygens (including phenoxy) is 2. The van der Waals surface area contributed by atoms with Crippen LogP contribution in [0.4, 0.5) is 0 Å². The third-order valence-electron chi connectivity index (χ3n) is 11.1. The molecule has 0 radical (unpaired) electrons. The highest BCUT2D eigenvalue weighted by molar-refractivity contribution is 6.11. The third-order valence-corrected chi connectivity index (χ3v) is 11.1. The van der Waals surface area contributed by atoms with Gasteiger partial charge in [-0.15, -0.1) is 0 Å². The van der Waals surface area contributed by atoms with Crippen molar-refractivity contribution in [3.05, 3.63) is 169 Å². The van der Waals surface area contributed by atoms with Gasteiger partial charge in [-0.3, -0.25) is 9.13 Å². The molecule has 8 nitrogen and oxygen atoms in total. The van der Waals surface area contributed by atoms with Gasteiger partial charge in [0.2, 0.25) is 0 Å². The van der Waals surface area contributed by atoms with Gasteiger partial charge < -0.3 is 9.47 Å². The molecule has 10 rings (SSSR count). The van der Waals surface area contributed by atoms with Crippen molar-refractivity contribution in [1.82, 2.24) is 29.1 Å². The zero-order valence-corrected chi connectivity index (χ0v) is 34.5. The molecule has 0 aliphatic heterocycles. The molecule has 0 saturated carbocycles. The Morgan fingerprint density at radius 2 is 0.850 bits per heavy atom. The molecule has 0 aliphatic carbocycles. The molecule has 0 bridgehead atoms. The van der Waals surface area contributed by atoms with Gasteiger partial charge in [-0.2, -0.15) is 0 Å². The predicted molar refractivity (Wildman–Crippen MR) is 242 cm³/mol. The van der Waals surface area contributed by atoms with Gasteiger partial charge in [0.25, 0.3) is 0 Å². The van der Waals surface area contributed by atoms with Gasteiger partial charge in [0, 0.05) is 70.1 Å². The number of hydrogen-bond acceptors (Lipinski definition) is 6. The minimum absolute atomic E-state index is 0.00333. The number of fused-ring (bicyclic) bond motifs is 6. The van der Waals surface area contributed by atoms with Crippen molar-refractivity contribution in [1.29, 1.82) is 0 Å². The highest BCUT2D eigenvalue weighted by atomic mass is 16.5. The van der Waals surface area contributed by atoms with Crippen molar-refractivity contribution in [2.75, 3.05) is 0 Å². The zero-order chi connectivity index (χ0) is 41.2. The molecular formula is C52H44N6O2. The molecule has 5 aromatic heterocycles. The van der Waals surface area contributed by atoms with Crippen LogP contribution in [0.15, 0.2) is 158 Å². The van der Waals surface area contributed by atoms with Crippen LogP contribution in [-0.2, 0) is 10.8 Å². The van der Waals surface area contributed by atoms with E-state index in [2.05, 4.69) is 121 Å². The average Bonchev–Trinajstić information content (AvgIpc) is 3.75. The number of hydrogen-bond donors (Lipinski definition) is 0. The molecule has 294 valence electrons. The summed E-state index contributed by atoms with van der Waals surface area (Å²) in [5.41, 5.74) is 7.48. The third kappa shape index (κ3) is 6.70. The number of benzene rings is 5. The molecule has 0 saturated heterocycles. The van der Waals surface area contributed by atoms with E-state index in [4.69, 9.17) is 19.4 Å². The second kappa shape index (κ2) is 14.2. The lowest BCUT2D eigenvalue weighted by atomic mass is 9.86. The zero-order valence-electron chi connectivity index (χ0n) is 34.5. The Morgan fingerprint density at radius 3 is 1.28 bits per heavy atom. The maximum atomic E-state index is 6.74. The normalized spacial score (nSPS) is 12.2. The first-order chi connectivity index (χ1) is 29.0. The fraction of sp³-hybridized carbons (Fsp3) is 0.154. The van der Waals surface area contributed by atoms with Crippen molar-refractivity contribution in [2.45, 2.75) is 52.4 Å². The maximum absolute atomic E-state index is 6.74. The summed E-state index contributed by atoms with van der Waals surface area (Å²) in [7, 11) is 0. The molecule has 10 aromatic rings. The van der Waals surface area contributed by atoms with Crippen LogP contribution in [0.25, 0.3) is 66.6 Å². The lowest BCUT2D eigenvalue weighted by molar-refractivity contribution is 0.461. The van der Waals surface area contributed by atoms with Gasteiger partial charge in [0.1, 0.15) is 34.6 Å². The topological polar surface area (TPSA) is 79.9 Å². The fourth-order valence-corrected chi connectivity index (χ4v) is 8.07. The van der Waals surface area contributed by atoms with Crippen LogP contribution >= 0.6 is 0 Å². The fourth-order valence-electron chi connectivity index (χ4n) is 8.07. The summed E-state index contributed by atoms with van der Waals surface area (Å²) in [4.78, 5) is 18.7. The van der Waals surface area contributed by atoms with Crippen LogP contribution in [0.1, 0.15) is 52.7 Å². The van der Waals surface area contributed by atoms with E-state index in [9.17, 15) is 0 Å². The molecule has 0 N–H and O–H groups in total. The lowest BCUT2D eigenvalue weighted by Crippen LogP contribution is -2.10. The smallest absolute Gasteiger partial charge is 0.159 e. The van der Waals surface area contributed by atoms with Gasteiger partial charge >= 0.3 is 0 Å². The van der Waals surface area contributed by atoms with Gasteiger partial charge in [0.15, 0.2) is 5.82 Å². The summed E-state index contributed by atoms with van der Waals surface area (Å²) in [6.45, 7) is 13.5. The second-order valence-corrected chi connectivity index (χ2v) is 17.3. The Labute approximate surface area is 348 Å². The number of nitrogens with zero attached hydrogens (tertiary/aromatic N) is 6. The summed E-state index contributed by atoms with van der Waals surface area (Å²) in [6.07, 6.45) is 7.13. The molecule has 60 heavy (non-hydrogen) atoms. The Bertz CT molecular complexity index is 3020. The Kier molecular flexibility index (Phi) is 8.75. The van der Waals surface area contributed by atoms with Gasteiger partial charge in [0.05, 0.1) is 22.1 Å². The standard InChI is InChI=1S/C52H44N6O2/c1-51(2,3)34-14-20-44-42(28-34)40-18-16-36(31-46(40)57(44)48-12-7-9-22-53-48)59-38-26-33(50-55-24-11-25-56-50)27-39(30-38)60-37-17-19-41-43-29-35(52(4,5)6)15-21-45(43)58(47(41)32-37)49-13-8-10-23-54-49/h7-32H,1-6H3. The van der Waals surface area contributed by atoms with Gasteiger partial charge in [-0.1, -0.05) is 65.8 Å². The maximum Gasteiger partial charge on any atom is 0.159 e. The molecule has 0 atom stereocenters. The Hall–Kier alpha value is -7.32. The van der Waals surface area contributed by atoms with E-state index in [0.29, 0.717) is 28.8 Å². The largest absolute Gasteiger partial charge is 0.457 e. The van der Waals surface area contributed by atoms with E-state index in [1.165, 1.54) is 21.9 Å². The molecule has 0 fully saturated rings. The number of aromatic nitrogens is 6. The van der Waals surface area contributed by atoms with Crippen LogP contribution in [0.3, 0.4) is 0 Å². The summed E-state index contributed by atoms with van der Waals surface area (Å²) < 4.78 is 17.9. The first-order valence-electron chi connectivity index (χ1n) is 20.3. The van der Waals surface area contributed by atoms with Crippen molar-refractivity contribution >= 4 is 43.6 Å². The van der Waals surface area contributed by atoms with E-state index in [-0.39, 0.29) is 10.8 Å². The highest BCUT2D eigenvalue weighted by Gasteiger charge is 2.21. The summed E-state index contributed by atoms with van der Waals surface area (Å²) in [6, 6.07) is 45.5. The monoisotopic (exact) mass is 784 g/mol. The van der Waals surface area contributed by atoms with E-state index in [1.54, 1.807) is 12.4 Å². The van der Waals surface area contributed by atoms with E-state index in [1.807, 2.05) is 85.2 Å².